The van der Waals surface area contributed by atoms with Crippen molar-refractivity contribution in [2.24, 2.45) is 0 Å². The Morgan fingerprint density at radius 1 is 0.843 bits per heavy atom. The van der Waals surface area contributed by atoms with E-state index >= 15 is 0 Å². The van der Waals surface area contributed by atoms with Gasteiger partial charge in [0.15, 0.2) is 17.0 Å². The lowest BCUT2D eigenvalue weighted by Crippen LogP contribution is -2.43. The molecule has 1 aliphatic rings. The van der Waals surface area contributed by atoms with Crippen LogP contribution in [0.25, 0.3) is 11.2 Å². The van der Waals surface area contributed by atoms with Gasteiger partial charge < -0.3 is 25.4 Å². The van der Waals surface area contributed by atoms with Crippen LogP contribution in [0.1, 0.15) is 5.56 Å². The molecule has 0 bridgehead atoms. The van der Waals surface area contributed by atoms with Crippen LogP contribution < -0.4 is 5.32 Å². The Morgan fingerprint density at radius 2 is 1.41 bits per heavy atom. The molecule has 3 aromatic heterocycles. The molecule has 4 N–H and O–H groups in total. The highest BCUT2D eigenvalue weighted by molar-refractivity contribution is 5.84. The van der Waals surface area contributed by atoms with Gasteiger partial charge in [-0.25, -0.2) is 29.0 Å². The van der Waals surface area contributed by atoms with Crippen molar-refractivity contribution in [1.82, 2.24) is 34.8 Å². The molecule has 1 aromatic carbocycles. The Balaban J connectivity index is 0.000000352. The number of aromatic nitrogens is 6. The molecule has 278 valence electrons. The maximum Gasteiger partial charge on any atom is 0.490 e. The number of ether oxygens (including phenoxy) is 1. The minimum Gasteiger partial charge on any atom is -0.475 e. The van der Waals surface area contributed by atoms with Crippen LogP contribution in [0.5, 0.6) is 0 Å². The number of para-hydroxylation sites is 1. The quantitative estimate of drug-likeness (QED) is 0.205. The fourth-order valence-corrected chi connectivity index (χ4v) is 3.64. The summed E-state index contributed by atoms with van der Waals surface area (Å²) < 4.78 is 103. The number of aliphatic carboxylic acids is 3. The van der Waals surface area contributed by atoms with E-state index in [-0.39, 0.29) is 6.10 Å². The zero-order valence-electron chi connectivity index (χ0n) is 25.4. The first-order valence-electron chi connectivity index (χ1n) is 13.7. The Kier molecular flexibility index (Phi) is 15.0. The SMILES string of the molecule is O=C(O)C(F)(F)F.O=C(O)C(F)(F)F.O=C(O)C(F)(F)F.c1ccc(Nc2ncnc3c2nnn3CC2CN(Cc3cccnc3)CCO2)cc1. The van der Waals surface area contributed by atoms with Crippen LogP contribution in [0.2, 0.25) is 0 Å². The molecule has 4 heterocycles. The predicted molar refractivity (Wildman–Crippen MR) is 153 cm³/mol. The van der Waals surface area contributed by atoms with Crippen LogP contribution in [0.15, 0.2) is 61.2 Å². The number of rotatable bonds is 6. The summed E-state index contributed by atoms with van der Waals surface area (Å²) in [6.07, 6.45) is -10.00. The van der Waals surface area contributed by atoms with E-state index in [1.807, 2.05) is 42.6 Å². The third-order valence-electron chi connectivity index (χ3n) is 5.79. The normalized spacial score (nSPS) is 14.8. The molecule has 1 atom stereocenters. The number of pyridine rings is 1. The summed E-state index contributed by atoms with van der Waals surface area (Å²) in [6, 6.07) is 13.9. The molecule has 0 aliphatic carbocycles. The maximum absolute atomic E-state index is 10.6. The number of nitrogens with one attached hydrogen (secondary N) is 1. The van der Waals surface area contributed by atoms with Gasteiger partial charge in [-0.05, 0) is 23.8 Å². The second-order valence-corrected chi connectivity index (χ2v) is 9.65. The van der Waals surface area contributed by atoms with E-state index in [1.54, 1.807) is 10.9 Å². The first-order chi connectivity index (χ1) is 23.7. The summed E-state index contributed by atoms with van der Waals surface area (Å²) in [4.78, 5) is 42.0. The molecule has 1 aliphatic heterocycles. The molecule has 51 heavy (non-hydrogen) atoms. The molecule has 24 heteroatoms. The van der Waals surface area contributed by atoms with Gasteiger partial charge in [0.25, 0.3) is 0 Å². The molecule has 15 nitrogen and oxygen atoms in total. The Bertz CT molecular complexity index is 1650. The number of carbonyl (C=O) groups is 3. The van der Waals surface area contributed by atoms with E-state index < -0.39 is 36.4 Å². The lowest BCUT2D eigenvalue weighted by atomic mass is 10.2. The van der Waals surface area contributed by atoms with Gasteiger partial charge in [0.05, 0.1) is 19.3 Å². The van der Waals surface area contributed by atoms with Crippen molar-refractivity contribution >= 4 is 40.6 Å². The lowest BCUT2D eigenvalue weighted by Gasteiger charge is -2.32. The summed E-state index contributed by atoms with van der Waals surface area (Å²) in [5, 5.41) is 33.3. The maximum atomic E-state index is 10.6. The van der Waals surface area contributed by atoms with E-state index in [9.17, 15) is 39.5 Å². The fourth-order valence-electron chi connectivity index (χ4n) is 3.64. The Labute approximate surface area is 279 Å². The van der Waals surface area contributed by atoms with Crippen molar-refractivity contribution < 1.29 is 74.0 Å². The van der Waals surface area contributed by atoms with Gasteiger partial charge in [-0.15, -0.1) is 5.10 Å². The molecule has 1 unspecified atom stereocenters. The van der Waals surface area contributed by atoms with E-state index in [1.165, 1.54) is 11.9 Å². The standard InChI is InChI=1S/C21H22N8O.3C2HF3O2/c1-2-6-17(7-3-1)25-20-19-21(24-15-23-20)29(27-26-19)14-18-13-28(9-10-30-18)12-16-5-4-8-22-11-16;3*3-2(4,5)1(6)7/h1-8,11,15,18H,9-10,12-14H2,(H,23,24,25);3*(H,6,7). The number of carboxylic acids is 3. The van der Waals surface area contributed by atoms with Gasteiger partial charge in [-0.3, -0.25) is 9.88 Å². The van der Waals surface area contributed by atoms with E-state index in [4.69, 9.17) is 34.4 Å². The van der Waals surface area contributed by atoms with Crippen LogP contribution >= 0.6 is 0 Å². The van der Waals surface area contributed by atoms with Crippen molar-refractivity contribution in [3.05, 3.63) is 66.7 Å². The van der Waals surface area contributed by atoms with Gasteiger partial charge in [-0.1, -0.05) is 29.5 Å². The van der Waals surface area contributed by atoms with Gasteiger partial charge in [0.1, 0.15) is 6.33 Å². The number of fused-ring (bicyclic) bond motifs is 1. The highest BCUT2D eigenvalue weighted by Crippen LogP contribution is 2.22. The molecule has 0 spiro atoms. The molecule has 1 saturated heterocycles. The van der Waals surface area contributed by atoms with Crippen LogP contribution in [-0.2, 0) is 32.2 Å². The van der Waals surface area contributed by atoms with Crippen LogP contribution in [0, 0.1) is 0 Å². The van der Waals surface area contributed by atoms with Crippen molar-refractivity contribution in [3.63, 3.8) is 0 Å². The summed E-state index contributed by atoms with van der Waals surface area (Å²) in [6.45, 7) is 3.85. The molecule has 0 radical (unpaired) electrons. The largest absolute Gasteiger partial charge is 0.490 e. The molecule has 5 rings (SSSR count). The smallest absolute Gasteiger partial charge is 0.475 e. The number of hydrogen-bond donors (Lipinski definition) is 4. The van der Waals surface area contributed by atoms with Crippen LogP contribution in [0.3, 0.4) is 0 Å². The number of alkyl halides is 9. The van der Waals surface area contributed by atoms with Crippen LogP contribution in [0.4, 0.5) is 51.0 Å². The predicted octanol–water partition coefficient (Wildman–Crippen LogP) is 4.16. The van der Waals surface area contributed by atoms with E-state index in [2.05, 4.69) is 41.5 Å². The second-order valence-electron chi connectivity index (χ2n) is 9.65. The molecule has 0 amide bonds. The minimum atomic E-state index is -5.08. The minimum absolute atomic E-state index is 0.0146. The monoisotopic (exact) mass is 744 g/mol. The third kappa shape index (κ3) is 14.8. The number of halogens is 9. The van der Waals surface area contributed by atoms with Crippen LogP contribution in [-0.4, -0.2) is 112 Å². The second kappa shape index (κ2) is 18.4. The number of morpholine rings is 1. The Morgan fingerprint density at radius 3 is 1.92 bits per heavy atom. The van der Waals surface area contributed by atoms with E-state index in [0.717, 1.165) is 25.3 Å². The number of benzene rings is 1. The first kappa shape index (κ1) is 41.5. The summed E-state index contributed by atoms with van der Waals surface area (Å²) in [5.74, 6) is -7.63. The van der Waals surface area contributed by atoms with Crippen molar-refractivity contribution in [1.29, 1.82) is 0 Å². The van der Waals surface area contributed by atoms with Gasteiger partial charge in [0.2, 0.25) is 0 Å². The molecule has 1 fully saturated rings. The average molecular weight is 745 g/mol. The number of anilines is 2. The first-order valence-corrected chi connectivity index (χ1v) is 13.7. The van der Waals surface area contributed by atoms with Crippen molar-refractivity contribution in [2.75, 3.05) is 25.0 Å². The van der Waals surface area contributed by atoms with Gasteiger partial charge in [-0.2, -0.15) is 39.5 Å². The fraction of sp³-hybridized carbons (Fsp3) is 0.333. The highest BCUT2D eigenvalue weighted by Gasteiger charge is 2.39. The summed E-state index contributed by atoms with van der Waals surface area (Å²) in [7, 11) is 0. The molecular weight excluding hydrogens is 719 g/mol. The molecule has 0 saturated carbocycles. The zero-order chi connectivity index (χ0) is 38.4. The number of carboxylic acid groups (broad SMARTS) is 3. The zero-order valence-corrected chi connectivity index (χ0v) is 25.4. The van der Waals surface area contributed by atoms with Gasteiger partial charge in [0, 0.05) is 37.7 Å². The number of hydrogen-bond acceptors (Lipinski definition) is 11. The topological polar surface area (TPSA) is 206 Å². The third-order valence-corrected chi connectivity index (χ3v) is 5.79. The molecule has 4 aromatic rings. The lowest BCUT2D eigenvalue weighted by molar-refractivity contribution is -0.193. The number of nitrogens with zero attached hydrogens (tertiary/aromatic N) is 7. The van der Waals surface area contributed by atoms with E-state index in [0.29, 0.717) is 30.1 Å². The highest BCUT2D eigenvalue weighted by atomic mass is 19.4. The summed E-state index contributed by atoms with van der Waals surface area (Å²) >= 11 is 0. The van der Waals surface area contributed by atoms with Crippen molar-refractivity contribution in [2.45, 2.75) is 37.7 Å². The van der Waals surface area contributed by atoms with Crippen molar-refractivity contribution in [3.8, 4) is 0 Å². The molecular formula is C27H25F9N8O7. The average Bonchev–Trinajstić information content (AvgIpc) is 3.45. The summed E-state index contributed by atoms with van der Waals surface area (Å²) in [5.41, 5.74) is 3.48. The van der Waals surface area contributed by atoms with Gasteiger partial charge >= 0.3 is 36.4 Å². The Hall–Kier alpha value is -5.65.